The van der Waals surface area contributed by atoms with E-state index in [1.54, 1.807) is 0 Å². The minimum Gasteiger partial charge on any atom is -0.392 e. The average Bonchev–Trinajstić information content (AvgIpc) is 2.47. The molecule has 0 aromatic rings. The first-order valence-corrected chi connectivity index (χ1v) is 9.17. The number of thiocarbonyl (C=S) groups is 1. The molecule has 2 aliphatic rings. The maximum absolute atomic E-state index is 5.94. The van der Waals surface area contributed by atoms with Gasteiger partial charge in [-0.15, -0.1) is 0 Å². The molecule has 0 aromatic carbocycles. The number of hydrogen-bond acceptors (Lipinski definition) is 5. The monoisotopic (exact) mass is 316 g/mol. The van der Waals surface area contributed by atoms with E-state index in [1.807, 2.05) is 11.8 Å². The minimum atomic E-state index is 0.0552. The molecule has 20 heavy (non-hydrogen) atoms. The lowest BCUT2D eigenvalue weighted by molar-refractivity contribution is 0.127. The maximum atomic E-state index is 5.94. The van der Waals surface area contributed by atoms with Crippen LogP contribution in [0.15, 0.2) is 0 Å². The second-order valence-electron chi connectivity index (χ2n) is 6.05. The Hall–Kier alpha value is 0.120. The Labute approximate surface area is 133 Å². The Bertz CT molecular complexity index is 321. The van der Waals surface area contributed by atoms with E-state index in [2.05, 4.69) is 28.0 Å². The van der Waals surface area contributed by atoms with Crippen molar-refractivity contribution in [2.45, 2.75) is 17.6 Å². The van der Waals surface area contributed by atoms with Crippen molar-refractivity contribution in [3.63, 3.8) is 0 Å². The van der Waals surface area contributed by atoms with Gasteiger partial charge in [0.15, 0.2) is 0 Å². The molecular weight excluding hydrogens is 288 g/mol. The third-order valence-electron chi connectivity index (χ3n) is 4.83. The van der Waals surface area contributed by atoms with Crippen molar-refractivity contribution in [1.29, 1.82) is 0 Å². The molecule has 2 aliphatic heterocycles. The van der Waals surface area contributed by atoms with Crippen molar-refractivity contribution in [2.75, 3.05) is 65.7 Å². The minimum absolute atomic E-state index is 0.0552. The normalized spacial score (nSPS) is 25.7. The van der Waals surface area contributed by atoms with E-state index in [4.69, 9.17) is 18.0 Å². The van der Waals surface area contributed by atoms with E-state index < -0.39 is 0 Å². The zero-order valence-electron chi connectivity index (χ0n) is 12.8. The van der Waals surface area contributed by atoms with Gasteiger partial charge in [0.2, 0.25) is 0 Å². The molecule has 0 atom stereocenters. The van der Waals surface area contributed by atoms with Crippen LogP contribution in [-0.4, -0.2) is 90.1 Å². The third-order valence-corrected chi connectivity index (χ3v) is 6.76. The zero-order valence-corrected chi connectivity index (χ0v) is 14.4. The Balaban J connectivity index is 1.71. The Kier molecular flexibility index (Phi) is 6.10. The summed E-state index contributed by atoms with van der Waals surface area (Å²) < 4.78 is 0.0552. The van der Waals surface area contributed by atoms with Crippen LogP contribution in [0.1, 0.15) is 12.8 Å². The first-order valence-electron chi connectivity index (χ1n) is 7.54. The largest absolute Gasteiger partial charge is 0.392 e. The van der Waals surface area contributed by atoms with Gasteiger partial charge in [-0.1, -0.05) is 12.2 Å². The predicted octanol–water partition coefficient (Wildman–Crippen LogP) is 0.718. The Morgan fingerprint density at radius 2 is 1.55 bits per heavy atom. The second-order valence-corrected chi connectivity index (χ2v) is 7.68. The number of piperidine rings is 1. The molecule has 2 fully saturated rings. The molecule has 0 bridgehead atoms. The van der Waals surface area contributed by atoms with E-state index in [1.165, 1.54) is 39.3 Å². The van der Waals surface area contributed by atoms with Crippen molar-refractivity contribution in [2.24, 2.45) is 5.73 Å². The summed E-state index contributed by atoms with van der Waals surface area (Å²) in [6.07, 6.45) is 4.34. The molecule has 116 valence electrons. The first-order chi connectivity index (χ1) is 9.55. The highest BCUT2D eigenvalue weighted by molar-refractivity contribution is 8.02. The Morgan fingerprint density at radius 1 is 1.05 bits per heavy atom. The molecule has 2 N–H and O–H groups in total. The van der Waals surface area contributed by atoms with Gasteiger partial charge >= 0.3 is 0 Å². The fraction of sp³-hybridized carbons (Fsp3) is 0.929. The molecule has 2 saturated heterocycles. The van der Waals surface area contributed by atoms with Gasteiger partial charge in [-0.25, -0.2) is 0 Å². The topological polar surface area (TPSA) is 35.7 Å². The predicted molar refractivity (Wildman–Crippen MR) is 92.6 cm³/mol. The summed E-state index contributed by atoms with van der Waals surface area (Å²) in [4.78, 5) is 8.27. The van der Waals surface area contributed by atoms with Gasteiger partial charge in [0.05, 0.1) is 9.74 Å². The lowest BCUT2D eigenvalue weighted by atomic mass is 9.95. The fourth-order valence-corrected chi connectivity index (χ4v) is 4.29. The summed E-state index contributed by atoms with van der Waals surface area (Å²) in [5.41, 5.74) is 5.94. The molecule has 0 aliphatic carbocycles. The van der Waals surface area contributed by atoms with E-state index in [9.17, 15) is 0 Å². The van der Waals surface area contributed by atoms with Gasteiger partial charge < -0.3 is 15.5 Å². The highest BCUT2D eigenvalue weighted by Gasteiger charge is 2.36. The molecule has 4 nitrogen and oxygen atoms in total. The second kappa shape index (κ2) is 7.40. The molecule has 0 spiro atoms. The number of piperazine rings is 1. The number of likely N-dealkylation sites (tertiary alicyclic amines) is 1. The SMILES string of the molecule is CSC1(C(N)=S)CCN(CCN2CCN(C)CC2)CC1. The van der Waals surface area contributed by atoms with Gasteiger partial charge in [0.1, 0.15) is 0 Å². The van der Waals surface area contributed by atoms with Crippen molar-refractivity contribution < 1.29 is 0 Å². The molecule has 2 rings (SSSR count). The van der Waals surface area contributed by atoms with E-state index in [0.29, 0.717) is 4.99 Å². The maximum Gasteiger partial charge on any atom is 0.0891 e. The van der Waals surface area contributed by atoms with E-state index >= 15 is 0 Å². The van der Waals surface area contributed by atoms with Crippen LogP contribution in [0.25, 0.3) is 0 Å². The average molecular weight is 317 g/mol. The van der Waals surface area contributed by atoms with Crippen LogP contribution < -0.4 is 5.73 Å². The molecule has 0 aromatic heterocycles. The number of hydrogen-bond donors (Lipinski definition) is 1. The van der Waals surface area contributed by atoms with Crippen LogP contribution >= 0.6 is 24.0 Å². The van der Waals surface area contributed by atoms with Crippen LogP contribution in [0.2, 0.25) is 0 Å². The summed E-state index contributed by atoms with van der Waals surface area (Å²) in [5.74, 6) is 0. The molecule has 0 saturated carbocycles. The van der Waals surface area contributed by atoms with Crippen molar-refractivity contribution >= 4 is 29.0 Å². The van der Waals surface area contributed by atoms with Crippen LogP contribution in [0.5, 0.6) is 0 Å². The fourth-order valence-electron chi connectivity index (χ4n) is 3.04. The van der Waals surface area contributed by atoms with Crippen LogP contribution in [0.4, 0.5) is 0 Å². The zero-order chi connectivity index (χ0) is 14.6. The number of thioether (sulfide) groups is 1. The van der Waals surface area contributed by atoms with Gasteiger partial charge in [-0.05, 0) is 39.2 Å². The van der Waals surface area contributed by atoms with Gasteiger partial charge in [0.25, 0.3) is 0 Å². The number of rotatable bonds is 5. The number of nitrogens with zero attached hydrogens (tertiary/aromatic N) is 3. The van der Waals surface area contributed by atoms with Gasteiger partial charge in [-0.3, -0.25) is 4.90 Å². The Morgan fingerprint density at radius 3 is 2.00 bits per heavy atom. The summed E-state index contributed by atoms with van der Waals surface area (Å²) in [6.45, 7) is 9.49. The van der Waals surface area contributed by atoms with Gasteiger partial charge in [0, 0.05) is 39.3 Å². The lowest BCUT2D eigenvalue weighted by Crippen LogP contribution is -2.51. The molecule has 2 heterocycles. The summed E-state index contributed by atoms with van der Waals surface area (Å²) in [6, 6.07) is 0. The van der Waals surface area contributed by atoms with Crippen molar-refractivity contribution in [3.05, 3.63) is 0 Å². The van der Waals surface area contributed by atoms with Crippen LogP contribution in [0, 0.1) is 0 Å². The summed E-state index contributed by atoms with van der Waals surface area (Å²) in [5, 5.41) is 0. The highest BCUT2D eigenvalue weighted by atomic mass is 32.2. The van der Waals surface area contributed by atoms with Crippen molar-refractivity contribution in [3.8, 4) is 0 Å². The smallest absolute Gasteiger partial charge is 0.0891 e. The first kappa shape index (κ1) is 16.5. The van der Waals surface area contributed by atoms with E-state index in [-0.39, 0.29) is 4.75 Å². The molecule has 0 radical (unpaired) electrons. The van der Waals surface area contributed by atoms with Crippen LogP contribution in [0.3, 0.4) is 0 Å². The summed E-state index contributed by atoms with van der Waals surface area (Å²) in [7, 11) is 2.21. The molecule has 6 heteroatoms. The third kappa shape index (κ3) is 4.07. The molecule has 0 amide bonds. The van der Waals surface area contributed by atoms with Gasteiger partial charge in [-0.2, -0.15) is 11.8 Å². The molecule has 0 unspecified atom stereocenters. The standard InChI is InChI=1S/C14H28N4S2/c1-16-7-9-18(10-8-16)12-11-17-5-3-14(20-2,4-6-17)13(15)19/h3-12H2,1-2H3,(H2,15,19). The quantitative estimate of drug-likeness (QED) is 0.753. The highest BCUT2D eigenvalue weighted by Crippen LogP contribution is 2.34. The number of nitrogens with two attached hydrogens (primary N) is 1. The number of likely N-dealkylation sites (N-methyl/N-ethyl adjacent to an activating group) is 1. The molecular formula is C14H28N4S2. The summed E-state index contributed by atoms with van der Waals surface area (Å²) >= 11 is 7.11. The van der Waals surface area contributed by atoms with Crippen LogP contribution in [-0.2, 0) is 0 Å². The lowest BCUT2D eigenvalue weighted by Gasteiger charge is -2.41. The van der Waals surface area contributed by atoms with Crippen molar-refractivity contribution in [1.82, 2.24) is 14.7 Å². The van der Waals surface area contributed by atoms with E-state index in [0.717, 1.165) is 25.9 Å².